The zero-order valence-corrected chi connectivity index (χ0v) is 12.1. The second-order valence-corrected chi connectivity index (χ2v) is 6.64. The molecule has 0 aromatic heterocycles. The Morgan fingerprint density at radius 2 is 2.24 bits per heavy atom. The van der Waals surface area contributed by atoms with Crippen molar-refractivity contribution in [2.75, 3.05) is 25.5 Å². The molecule has 1 aliphatic rings. The van der Waals surface area contributed by atoms with Crippen molar-refractivity contribution in [3.8, 4) is 0 Å². The van der Waals surface area contributed by atoms with Crippen LogP contribution in [0.2, 0.25) is 0 Å². The topological polar surface area (TPSA) is 125 Å². The number of hydrogen-bond acceptors (Lipinski definition) is 6. The minimum Gasteiger partial charge on any atom is -0.399 e. The number of hydrogen-bond donors (Lipinski definition) is 2. The van der Waals surface area contributed by atoms with Crippen LogP contribution in [-0.2, 0) is 14.8 Å². The largest absolute Gasteiger partial charge is 0.399 e. The van der Waals surface area contributed by atoms with Crippen LogP contribution in [0.3, 0.4) is 0 Å². The van der Waals surface area contributed by atoms with Crippen molar-refractivity contribution in [1.82, 2.24) is 4.72 Å². The molecule has 0 amide bonds. The van der Waals surface area contributed by atoms with Crippen molar-refractivity contribution in [2.24, 2.45) is 5.92 Å². The molecule has 1 heterocycles. The average molecular weight is 315 g/mol. The normalized spacial score (nSPS) is 18.8. The molecule has 1 aromatic carbocycles. The number of anilines is 1. The van der Waals surface area contributed by atoms with E-state index in [0.29, 0.717) is 25.6 Å². The van der Waals surface area contributed by atoms with Gasteiger partial charge in [0.15, 0.2) is 4.90 Å². The molecule has 21 heavy (non-hydrogen) atoms. The molecule has 2 rings (SSSR count). The smallest absolute Gasteiger partial charge is 0.291 e. The highest BCUT2D eigenvalue weighted by Crippen LogP contribution is 2.26. The predicted molar refractivity (Wildman–Crippen MR) is 76.2 cm³/mol. The van der Waals surface area contributed by atoms with E-state index in [1.54, 1.807) is 0 Å². The molecule has 9 heteroatoms. The van der Waals surface area contributed by atoms with Gasteiger partial charge in [0.25, 0.3) is 5.69 Å². The quantitative estimate of drug-likeness (QED) is 0.456. The lowest BCUT2D eigenvalue weighted by Gasteiger charge is -2.10. The van der Waals surface area contributed by atoms with E-state index in [1.165, 1.54) is 6.07 Å². The summed E-state index contributed by atoms with van der Waals surface area (Å²) < 4.78 is 31.9. The van der Waals surface area contributed by atoms with E-state index in [1.807, 2.05) is 0 Å². The molecule has 1 aromatic rings. The van der Waals surface area contributed by atoms with Crippen LogP contribution >= 0.6 is 0 Å². The molecule has 1 unspecified atom stereocenters. The standard InChI is InChI=1S/C12H17N3O5S/c13-10-1-2-12(11(7-10)15(16)17)21(18,19)14-5-3-9-4-6-20-8-9/h1-2,7,9,14H,3-6,8,13H2. The SMILES string of the molecule is Nc1ccc(S(=O)(=O)NCCC2CCOC2)c([N+](=O)[O-])c1. The van der Waals surface area contributed by atoms with Crippen LogP contribution in [0.1, 0.15) is 12.8 Å². The predicted octanol–water partition coefficient (Wildman–Crippen LogP) is 0.882. The monoisotopic (exact) mass is 315 g/mol. The summed E-state index contributed by atoms with van der Waals surface area (Å²) in [5, 5.41) is 10.9. The molecule has 0 spiro atoms. The van der Waals surface area contributed by atoms with Gasteiger partial charge in [0.1, 0.15) is 0 Å². The summed E-state index contributed by atoms with van der Waals surface area (Å²) in [6.07, 6.45) is 1.55. The Labute approximate surface area is 122 Å². The van der Waals surface area contributed by atoms with Crippen LogP contribution < -0.4 is 10.5 Å². The van der Waals surface area contributed by atoms with Gasteiger partial charge in [-0.1, -0.05) is 0 Å². The lowest BCUT2D eigenvalue weighted by molar-refractivity contribution is -0.387. The highest BCUT2D eigenvalue weighted by atomic mass is 32.2. The summed E-state index contributed by atoms with van der Waals surface area (Å²) in [5.41, 5.74) is 5.08. The van der Waals surface area contributed by atoms with Crippen LogP contribution in [0.25, 0.3) is 0 Å². The average Bonchev–Trinajstić information content (AvgIpc) is 2.91. The number of nitrogen functional groups attached to an aromatic ring is 1. The van der Waals surface area contributed by atoms with E-state index in [0.717, 1.165) is 18.6 Å². The summed E-state index contributed by atoms with van der Waals surface area (Å²) in [7, 11) is -3.93. The van der Waals surface area contributed by atoms with Crippen molar-refractivity contribution in [3.05, 3.63) is 28.3 Å². The number of nitrogens with two attached hydrogens (primary N) is 1. The van der Waals surface area contributed by atoms with Gasteiger partial charge < -0.3 is 10.5 Å². The molecule has 0 aliphatic carbocycles. The minimum absolute atomic E-state index is 0.142. The van der Waals surface area contributed by atoms with E-state index < -0.39 is 20.6 Å². The summed E-state index contributed by atoms with van der Waals surface area (Å²) >= 11 is 0. The first-order valence-corrected chi connectivity index (χ1v) is 8.00. The van der Waals surface area contributed by atoms with E-state index in [4.69, 9.17) is 10.5 Å². The number of rotatable bonds is 6. The summed E-state index contributed by atoms with van der Waals surface area (Å²) in [6.45, 7) is 1.54. The summed E-state index contributed by atoms with van der Waals surface area (Å²) in [6, 6.07) is 3.51. The van der Waals surface area contributed by atoms with Crippen molar-refractivity contribution >= 4 is 21.4 Å². The maximum absolute atomic E-state index is 12.2. The Kier molecular flexibility index (Phi) is 4.76. The van der Waals surface area contributed by atoms with Gasteiger partial charge in [-0.15, -0.1) is 0 Å². The minimum atomic E-state index is -3.93. The van der Waals surface area contributed by atoms with Gasteiger partial charge in [0.2, 0.25) is 10.0 Å². The molecular weight excluding hydrogens is 298 g/mol. The van der Waals surface area contributed by atoms with E-state index >= 15 is 0 Å². The van der Waals surface area contributed by atoms with E-state index in [-0.39, 0.29) is 17.1 Å². The third-order valence-electron chi connectivity index (χ3n) is 3.34. The lowest BCUT2D eigenvalue weighted by Crippen LogP contribution is -2.27. The highest BCUT2D eigenvalue weighted by Gasteiger charge is 2.26. The molecule has 1 atom stereocenters. The van der Waals surface area contributed by atoms with Gasteiger partial charge in [-0.05, 0) is 30.9 Å². The highest BCUT2D eigenvalue weighted by molar-refractivity contribution is 7.89. The van der Waals surface area contributed by atoms with Crippen LogP contribution in [0, 0.1) is 16.0 Å². The Morgan fingerprint density at radius 1 is 1.48 bits per heavy atom. The molecule has 0 radical (unpaired) electrons. The second kappa shape index (κ2) is 6.37. The van der Waals surface area contributed by atoms with Gasteiger partial charge >= 0.3 is 0 Å². The van der Waals surface area contributed by atoms with Gasteiger partial charge in [-0.2, -0.15) is 0 Å². The first-order valence-electron chi connectivity index (χ1n) is 6.51. The number of nitrogens with one attached hydrogen (secondary N) is 1. The molecule has 3 N–H and O–H groups in total. The number of benzene rings is 1. The van der Waals surface area contributed by atoms with Crippen LogP contribution in [-0.4, -0.2) is 33.1 Å². The van der Waals surface area contributed by atoms with Crippen molar-refractivity contribution < 1.29 is 18.1 Å². The molecule has 0 bridgehead atoms. The molecule has 8 nitrogen and oxygen atoms in total. The number of nitro benzene ring substituents is 1. The number of nitrogens with zero attached hydrogens (tertiary/aromatic N) is 1. The first kappa shape index (κ1) is 15.7. The Morgan fingerprint density at radius 3 is 2.86 bits per heavy atom. The van der Waals surface area contributed by atoms with Crippen LogP contribution in [0.4, 0.5) is 11.4 Å². The van der Waals surface area contributed by atoms with E-state index in [2.05, 4.69) is 4.72 Å². The zero-order valence-electron chi connectivity index (χ0n) is 11.3. The number of nitro groups is 1. The summed E-state index contributed by atoms with van der Waals surface area (Å²) in [5.74, 6) is 0.328. The third kappa shape index (κ3) is 3.90. The van der Waals surface area contributed by atoms with Crippen molar-refractivity contribution in [2.45, 2.75) is 17.7 Å². The Hall–Kier alpha value is -1.71. The lowest BCUT2D eigenvalue weighted by atomic mass is 10.1. The number of ether oxygens (including phenoxy) is 1. The molecule has 1 aliphatic heterocycles. The fraction of sp³-hybridized carbons (Fsp3) is 0.500. The Bertz CT molecular complexity index is 626. The molecular formula is C12H17N3O5S. The van der Waals surface area contributed by atoms with Gasteiger partial charge in [0.05, 0.1) is 4.92 Å². The molecule has 1 saturated heterocycles. The zero-order chi connectivity index (χ0) is 15.5. The van der Waals surface area contributed by atoms with Gasteiger partial charge in [-0.3, -0.25) is 10.1 Å². The Balaban J connectivity index is 2.09. The fourth-order valence-corrected chi connectivity index (χ4v) is 3.39. The summed E-state index contributed by atoms with van der Waals surface area (Å²) in [4.78, 5) is 9.82. The van der Waals surface area contributed by atoms with Crippen molar-refractivity contribution in [1.29, 1.82) is 0 Å². The van der Waals surface area contributed by atoms with Crippen LogP contribution in [0.5, 0.6) is 0 Å². The maximum atomic E-state index is 12.2. The molecule has 116 valence electrons. The fourth-order valence-electron chi connectivity index (χ4n) is 2.19. The molecule has 0 saturated carbocycles. The maximum Gasteiger partial charge on any atom is 0.291 e. The van der Waals surface area contributed by atoms with Gasteiger partial charge in [0, 0.05) is 31.5 Å². The van der Waals surface area contributed by atoms with E-state index in [9.17, 15) is 18.5 Å². The molecule has 1 fully saturated rings. The van der Waals surface area contributed by atoms with Crippen LogP contribution in [0.15, 0.2) is 23.1 Å². The van der Waals surface area contributed by atoms with Gasteiger partial charge in [-0.25, -0.2) is 13.1 Å². The first-order chi connectivity index (χ1) is 9.90. The van der Waals surface area contributed by atoms with Crippen molar-refractivity contribution in [3.63, 3.8) is 0 Å². The number of sulfonamides is 1. The third-order valence-corrected chi connectivity index (χ3v) is 4.85. The second-order valence-electron chi connectivity index (χ2n) is 4.90.